The van der Waals surface area contributed by atoms with Crippen LogP contribution in [0.3, 0.4) is 0 Å². The van der Waals surface area contributed by atoms with Crippen LogP contribution in [0.4, 0.5) is 4.39 Å². The van der Waals surface area contributed by atoms with E-state index in [1.165, 1.54) is 6.07 Å². The van der Waals surface area contributed by atoms with Gasteiger partial charge in [-0.2, -0.15) is 0 Å². The summed E-state index contributed by atoms with van der Waals surface area (Å²) in [5.74, 6) is 0.528. The minimum atomic E-state index is -0.212. The lowest BCUT2D eigenvalue weighted by Crippen LogP contribution is -2.15. The van der Waals surface area contributed by atoms with Crippen LogP contribution >= 0.6 is 15.9 Å². The summed E-state index contributed by atoms with van der Waals surface area (Å²) >= 11 is 3.23. The lowest BCUT2D eigenvalue weighted by molar-refractivity contribution is 0.584. The summed E-state index contributed by atoms with van der Waals surface area (Å²) in [5, 5.41) is 3.16. The molecule has 0 atom stereocenters. The van der Waals surface area contributed by atoms with Gasteiger partial charge in [-0.1, -0.05) is 22.0 Å². The van der Waals surface area contributed by atoms with Crippen molar-refractivity contribution >= 4 is 15.9 Å². The summed E-state index contributed by atoms with van der Waals surface area (Å²) in [4.78, 5) is 8.29. The van der Waals surface area contributed by atoms with E-state index in [2.05, 4.69) is 31.2 Å². The van der Waals surface area contributed by atoms with E-state index in [0.29, 0.717) is 18.7 Å². The third kappa shape index (κ3) is 3.58. The second kappa shape index (κ2) is 6.02. The van der Waals surface area contributed by atoms with Crippen molar-refractivity contribution in [2.45, 2.75) is 20.0 Å². The topological polar surface area (TPSA) is 37.8 Å². The summed E-state index contributed by atoms with van der Waals surface area (Å²) in [6.07, 6.45) is 1.72. The fourth-order valence-electron chi connectivity index (χ4n) is 1.59. The van der Waals surface area contributed by atoms with Crippen molar-refractivity contribution < 1.29 is 4.39 Å². The summed E-state index contributed by atoms with van der Waals surface area (Å²) in [7, 11) is 0. The van der Waals surface area contributed by atoms with Crippen LogP contribution in [0.1, 0.15) is 17.1 Å². The van der Waals surface area contributed by atoms with Gasteiger partial charge in [0.1, 0.15) is 11.6 Å². The number of aryl methyl sites for hydroxylation is 1. The third-order valence-electron chi connectivity index (χ3n) is 2.47. The van der Waals surface area contributed by atoms with Crippen molar-refractivity contribution in [2.75, 3.05) is 0 Å². The Kier molecular flexibility index (Phi) is 4.38. The first-order chi connectivity index (χ1) is 8.65. The van der Waals surface area contributed by atoms with Crippen LogP contribution in [-0.4, -0.2) is 9.97 Å². The lowest BCUT2D eigenvalue weighted by atomic mass is 10.2. The van der Waals surface area contributed by atoms with Gasteiger partial charge in [0.15, 0.2) is 0 Å². The van der Waals surface area contributed by atoms with E-state index in [-0.39, 0.29) is 5.82 Å². The van der Waals surface area contributed by atoms with Gasteiger partial charge in [0.2, 0.25) is 0 Å². The Balaban J connectivity index is 1.92. The molecule has 1 aromatic heterocycles. The Labute approximate surface area is 114 Å². The monoisotopic (exact) mass is 309 g/mol. The van der Waals surface area contributed by atoms with Gasteiger partial charge in [0, 0.05) is 29.3 Å². The second-order valence-corrected chi connectivity index (χ2v) is 4.85. The normalized spacial score (nSPS) is 10.6. The Bertz CT molecular complexity index is 546. The molecule has 5 heteroatoms. The first-order valence-electron chi connectivity index (χ1n) is 5.58. The van der Waals surface area contributed by atoms with Crippen molar-refractivity contribution in [1.29, 1.82) is 0 Å². The average Bonchev–Trinajstić information content (AvgIpc) is 2.32. The van der Waals surface area contributed by atoms with Gasteiger partial charge in [-0.15, -0.1) is 0 Å². The van der Waals surface area contributed by atoms with Crippen LogP contribution in [0.15, 0.2) is 34.9 Å². The predicted octanol–water partition coefficient (Wildman–Crippen LogP) is 2.98. The van der Waals surface area contributed by atoms with E-state index >= 15 is 0 Å². The fourth-order valence-corrected chi connectivity index (χ4v) is 1.93. The number of benzene rings is 1. The Morgan fingerprint density at radius 1 is 1.28 bits per heavy atom. The molecule has 0 aliphatic carbocycles. The molecule has 1 aromatic carbocycles. The molecule has 0 bridgehead atoms. The first-order valence-corrected chi connectivity index (χ1v) is 6.37. The van der Waals surface area contributed by atoms with Gasteiger partial charge >= 0.3 is 0 Å². The van der Waals surface area contributed by atoms with E-state index < -0.39 is 0 Å². The maximum Gasteiger partial charge on any atom is 0.128 e. The number of aromatic nitrogens is 2. The molecule has 0 unspecified atom stereocenters. The standard InChI is InChI=1S/C13H13BrFN3/c1-9-17-5-4-12(18-9)8-16-7-10-2-3-11(14)6-13(10)15/h2-6,16H,7-8H2,1H3. The molecular formula is C13H13BrFN3. The van der Waals surface area contributed by atoms with E-state index in [1.54, 1.807) is 12.3 Å². The van der Waals surface area contributed by atoms with Gasteiger partial charge < -0.3 is 5.32 Å². The highest BCUT2D eigenvalue weighted by Crippen LogP contribution is 2.15. The SMILES string of the molecule is Cc1nccc(CNCc2ccc(Br)cc2F)n1. The second-order valence-electron chi connectivity index (χ2n) is 3.93. The van der Waals surface area contributed by atoms with Crippen LogP contribution in [0, 0.1) is 12.7 Å². The van der Waals surface area contributed by atoms with Gasteiger partial charge in [-0.25, -0.2) is 14.4 Å². The predicted molar refractivity (Wildman–Crippen MR) is 71.4 cm³/mol. The van der Waals surface area contributed by atoms with Gasteiger partial charge in [-0.3, -0.25) is 0 Å². The molecule has 0 saturated carbocycles. The molecule has 0 fully saturated rings. The number of hydrogen-bond acceptors (Lipinski definition) is 3. The van der Waals surface area contributed by atoms with Gasteiger partial charge in [0.05, 0.1) is 5.69 Å². The molecule has 18 heavy (non-hydrogen) atoms. The zero-order valence-corrected chi connectivity index (χ0v) is 11.5. The largest absolute Gasteiger partial charge is 0.307 e. The van der Waals surface area contributed by atoms with Gasteiger partial charge in [-0.05, 0) is 25.1 Å². The number of hydrogen-bond donors (Lipinski definition) is 1. The van der Waals surface area contributed by atoms with Crippen LogP contribution in [0.25, 0.3) is 0 Å². The molecule has 1 heterocycles. The van der Waals surface area contributed by atoms with Crippen LogP contribution in [0.5, 0.6) is 0 Å². The quantitative estimate of drug-likeness (QED) is 0.943. The van der Waals surface area contributed by atoms with Crippen molar-refractivity contribution in [1.82, 2.24) is 15.3 Å². The highest BCUT2D eigenvalue weighted by Gasteiger charge is 2.02. The molecule has 0 saturated heterocycles. The Hall–Kier alpha value is -1.33. The lowest BCUT2D eigenvalue weighted by Gasteiger charge is -2.06. The summed E-state index contributed by atoms with van der Waals surface area (Å²) in [5.41, 5.74) is 1.55. The zero-order valence-electron chi connectivity index (χ0n) is 9.95. The maximum absolute atomic E-state index is 13.5. The van der Waals surface area contributed by atoms with Crippen molar-refractivity contribution in [3.05, 3.63) is 57.8 Å². The molecule has 0 aliphatic heterocycles. The number of nitrogens with one attached hydrogen (secondary N) is 1. The molecular weight excluding hydrogens is 297 g/mol. The Morgan fingerprint density at radius 3 is 2.83 bits per heavy atom. The van der Waals surface area contributed by atoms with Crippen LogP contribution in [0.2, 0.25) is 0 Å². The maximum atomic E-state index is 13.5. The van der Waals surface area contributed by atoms with Crippen molar-refractivity contribution in [3.8, 4) is 0 Å². The number of nitrogens with zero attached hydrogens (tertiary/aromatic N) is 2. The molecule has 0 radical (unpaired) electrons. The Morgan fingerprint density at radius 2 is 2.11 bits per heavy atom. The third-order valence-corrected chi connectivity index (χ3v) is 2.96. The van der Waals surface area contributed by atoms with Gasteiger partial charge in [0.25, 0.3) is 0 Å². The fraction of sp³-hybridized carbons (Fsp3) is 0.231. The number of halogens is 2. The zero-order chi connectivity index (χ0) is 13.0. The summed E-state index contributed by atoms with van der Waals surface area (Å²) in [6.45, 7) is 2.92. The van der Waals surface area contributed by atoms with E-state index in [9.17, 15) is 4.39 Å². The molecule has 1 N–H and O–H groups in total. The van der Waals surface area contributed by atoms with E-state index in [4.69, 9.17) is 0 Å². The molecule has 0 aliphatic rings. The molecule has 3 nitrogen and oxygen atoms in total. The highest BCUT2D eigenvalue weighted by atomic mass is 79.9. The van der Waals surface area contributed by atoms with E-state index in [0.717, 1.165) is 16.0 Å². The molecule has 2 aromatic rings. The number of rotatable bonds is 4. The molecule has 94 valence electrons. The highest BCUT2D eigenvalue weighted by molar-refractivity contribution is 9.10. The van der Waals surface area contributed by atoms with Crippen LogP contribution in [-0.2, 0) is 13.1 Å². The minimum absolute atomic E-state index is 0.212. The average molecular weight is 310 g/mol. The van der Waals surface area contributed by atoms with E-state index in [1.807, 2.05) is 19.1 Å². The van der Waals surface area contributed by atoms with Crippen LogP contribution < -0.4 is 5.32 Å². The van der Waals surface area contributed by atoms with Crippen molar-refractivity contribution in [3.63, 3.8) is 0 Å². The van der Waals surface area contributed by atoms with Crippen molar-refractivity contribution in [2.24, 2.45) is 0 Å². The summed E-state index contributed by atoms with van der Waals surface area (Å²) < 4.78 is 14.3. The first kappa shape index (κ1) is 13.1. The molecule has 2 rings (SSSR count). The summed E-state index contributed by atoms with van der Waals surface area (Å²) in [6, 6.07) is 6.90. The minimum Gasteiger partial charge on any atom is -0.307 e. The smallest absolute Gasteiger partial charge is 0.128 e. The molecule has 0 spiro atoms. The molecule has 0 amide bonds.